The zero-order chi connectivity index (χ0) is 21.7. The minimum atomic E-state index is 0.295. The zero-order valence-corrected chi connectivity index (χ0v) is 19.0. The molecule has 1 aliphatic heterocycles. The van der Waals surface area contributed by atoms with Crippen LogP contribution in [0.25, 0.3) is 0 Å². The molecule has 0 atom stereocenters. The van der Waals surface area contributed by atoms with Gasteiger partial charge in [0, 0.05) is 49.8 Å². The second-order valence-electron chi connectivity index (χ2n) is 7.99. The van der Waals surface area contributed by atoms with Crippen molar-refractivity contribution in [3.8, 4) is 0 Å². The first-order valence-corrected chi connectivity index (χ1v) is 10.9. The number of hydrogen-bond acceptors (Lipinski definition) is 5. The number of likely N-dealkylation sites (N-methyl/N-ethyl adjacent to an activating group) is 2. The SMILES string of the molecule is C=C1N(c2ccc(N(CC)CCN(C)c3ccc(CC)cc3)cc2)C=NN1C(C)C. The molecule has 5 heteroatoms. The Morgan fingerprint density at radius 2 is 1.57 bits per heavy atom. The van der Waals surface area contributed by atoms with E-state index in [0.717, 1.165) is 37.6 Å². The minimum absolute atomic E-state index is 0.295. The van der Waals surface area contributed by atoms with Crippen molar-refractivity contribution in [2.45, 2.75) is 40.2 Å². The van der Waals surface area contributed by atoms with Gasteiger partial charge in [-0.25, -0.2) is 5.01 Å². The summed E-state index contributed by atoms with van der Waals surface area (Å²) in [4.78, 5) is 6.77. The van der Waals surface area contributed by atoms with E-state index in [4.69, 9.17) is 0 Å². The Morgan fingerprint density at radius 3 is 2.10 bits per heavy atom. The van der Waals surface area contributed by atoms with E-state index in [9.17, 15) is 0 Å². The lowest BCUT2D eigenvalue weighted by atomic mass is 10.1. The number of benzene rings is 2. The fourth-order valence-electron chi connectivity index (χ4n) is 3.68. The van der Waals surface area contributed by atoms with Crippen LogP contribution in [0.4, 0.5) is 17.1 Å². The summed E-state index contributed by atoms with van der Waals surface area (Å²) in [6.45, 7) is 15.7. The maximum absolute atomic E-state index is 4.45. The standard InChI is InChI=1S/C25H35N5/c1-7-22-9-11-23(12-10-22)27(6)17-18-28(8-2)24-13-15-25(16-14-24)29-19-26-30(20(3)4)21(29)5/h9-16,19-20H,5,7-8,17-18H2,1-4,6H3. The van der Waals surface area contributed by atoms with Gasteiger partial charge in [-0.15, -0.1) is 0 Å². The number of nitrogens with zero attached hydrogens (tertiary/aromatic N) is 5. The second-order valence-corrected chi connectivity index (χ2v) is 7.99. The van der Waals surface area contributed by atoms with E-state index in [-0.39, 0.29) is 0 Å². The molecule has 2 aromatic carbocycles. The highest BCUT2D eigenvalue weighted by Crippen LogP contribution is 2.27. The number of hydrogen-bond donors (Lipinski definition) is 0. The van der Waals surface area contributed by atoms with Gasteiger partial charge in [0.05, 0.1) is 0 Å². The van der Waals surface area contributed by atoms with Crippen LogP contribution >= 0.6 is 0 Å². The Bertz CT molecular complexity index is 854. The molecule has 5 nitrogen and oxygen atoms in total. The lowest BCUT2D eigenvalue weighted by Crippen LogP contribution is -2.33. The fraction of sp³-hybridized carbons (Fsp3) is 0.400. The van der Waals surface area contributed by atoms with Gasteiger partial charge in [-0.2, -0.15) is 5.10 Å². The molecule has 30 heavy (non-hydrogen) atoms. The maximum Gasteiger partial charge on any atom is 0.128 e. The smallest absolute Gasteiger partial charge is 0.128 e. The highest BCUT2D eigenvalue weighted by molar-refractivity contribution is 5.85. The van der Waals surface area contributed by atoms with E-state index < -0.39 is 0 Å². The Labute approximate surface area is 181 Å². The van der Waals surface area contributed by atoms with Gasteiger partial charge in [0.1, 0.15) is 12.2 Å². The highest BCUT2D eigenvalue weighted by Gasteiger charge is 2.22. The van der Waals surface area contributed by atoms with E-state index in [1.807, 2.05) is 16.2 Å². The van der Waals surface area contributed by atoms with Gasteiger partial charge in [-0.3, -0.25) is 4.90 Å². The third-order valence-corrected chi connectivity index (χ3v) is 5.69. The molecule has 0 radical (unpaired) electrons. The summed E-state index contributed by atoms with van der Waals surface area (Å²) in [5, 5.41) is 6.39. The molecule has 0 spiro atoms. The molecule has 0 bridgehead atoms. The summed E-state index contributed by atoms with van der Waals surface area (Å²) in [6, 6.07) is 17.8. The second kappa shape index (κ2) is 9.70. The monoisotopic (exact) mass is 405 g/mol. The lowest BCUT2D eigenvalue weighted by Gasteiger charge is -2.28. The number of aryl methyl sites for hydroxylation is 1. The van der Waals surface area contributed by atoms with Crippen molar-refractivity contribution in [2.24, 2.45) is 5.10 Å². The Hall–Kier alpha value is -2.95. The van der Waals surface area contributed by atoms with Crippen LogP contribution in [0.5, 0.6) is 0 Å². The molecule has 0 amide bonds. The van der Waals surface area contributed by atoms with Crippen LogP contribution in [0, 0.1) is 0 Å². The van der Waals surface area contributed by atoms with Gasteiger partial charge in [-0.1, -0.05) is 25.6 Å². The molecule has 0 saturated carbocycles. The zero-order valence-electron chi connectivity index (χ0n) is 19.0. The van der Waals surface area contributed by atoms with Crippen molar-refractivity contribution in [2.75, 3.05) is 41.4 Å². The van der Waals surface area contributed by atoms with Crippen LogP contribution < -0.4 is 14.7 Å². The van der Waals surface area contributed by atoms with Crippen LogP contribution in [0.2, 0.25) is 0 Å². The van der Waals surface area contributed by atoms with Crippen LogP contribution in [0.1, 0.15) is 33.3 Å². The van der Waals surface area contributed by atoms with Gasteiger partial charge < -0.3 is 9.80 Å². The summed E-state index contributed by atoms with van der Waals surface area (Å²) in [5.74, 6) is 0.890. The molecule has 0 N–H and O–H groups in total. The Morgan fingerprint density at radius 1 is 0.933 bits per heavy atom. The Kier molecular flexibility index (Phi) is 7.03. The quantitative estimate of drug-likeness (QED) is 0.576. The largest absolute Gasteiger partial charge is 0.373 e. The van der Waals surface area contributed by atoms with Crippen LogP contribution in [-0.2, 0) is 6.42 Å². The summed E-state index contributed by atoms with van der Waals surface area (Å²) >= 11 is 0. The first kappa shape index (κ1) is 21.8. The molecule has 0 saturated heterocycles. The summed E-state index contributed by atoms with van der Waals surface area (Å²) < 4.78 is 0. The van der Waals surface area contributed by atoms with Crippen LogP contribution in [-0.4, -0.2) is 44.1 Å². The van der Waals surface area contributed by atoms with E-state index >= 15 is 0 Å². The fourth-order valence-corrected chi connectivity index (χ4v) is 3.68. The molecule has 0 aliphatic carbocycles. The number of rotatable bonds is 9. The molecule has 3 rings (SSSR count). The summed E-state index contributed by atoms with van der Waals surface area (Å²) in [6.07, 6.45) is 2.92. The predicted octanol–water partition coefficient (Wildman–Crippen LogP) is 5.16. The average Bonchev–Trinajstić information content (AvgIpc) is 3.16. The van der Waals surface area contributed by atoms with Gasteiger partial charge in [-0.05, 0) is 69.2 Å². The lowest BCUT2D eigenvalue weighted by molar-refractivity contribution is 0.312. The molecule has 2 aromatic rings. The van der Waals surface area contributed by atoms with E-state index in [2.05, 4.69) is 105 Å². The third-order valence-electron chi connectivity index (χ3n) is 5.69. The molecule has 0 fully saturated rings. The molecule has 1 heterocycles. The molecular weight excluding hydrogens is 370 g/mol. The topological polar surface area (TPSA) is 25.3 Å². The normalized spacial score (nSPS) is 13.5. The molecule has 0 aromatic heterocycles. The Balaban J connectivity index is 1.61. The molecule has 1 aliphatic rings. The maximum atomic E-state index is 4.45. The van der Waals surface area contributed by atoms with Crippen molar-refractivity contribution in [1.29, 1.82) is 0 Å². The highest BCUT2D eigenvalue weighted by atomic mass is 15.6. The van der Waals surface area contributed by atoms with Crippen molar-refractivity contribution in [3.63, 3.8) is 0 Å². The molecular formula is C25H35N5. The summed E-state index contributed by atoms with van der Waals surface area (Å²) in [7, 11) is 2.16. The number of hydrazone groups is 1. The first-order valence-electron chi connectivity index (χ1n) is 10.9. The van der Waals surface area contributed by atoms with E-state index in [0.29, 0.717) is 6.04 Å². The van der Waals surface area contributed by atoms with Gasteiger partial charge in [0.15, 0.2) is 0 Å². The van der Waals surface area contributed by atoms with Gasteiger partial charge >= 0.3 is 0 Å². The molecule has 0 unspecified atom stereocenters. The third kappa shape index (κ3) is 4.78. The summed E-state index contributed by atoms with van der Waals surface area (Å²) in [5.41, 5.74) is 4.96. The van der Waals surface area contributed by atoms with Crippen molar-refractivity contribution >= 4 is 23.4 Å². The average molecular weight is 406 g/mol. The van der Waals surface area contributed by atoms with Gasteiger partial charge in [0.25, 0.3) is 0 Å². The van der Waals surface area contributed by atoms with E-state index in [1.165, 1.54) is 16.9 Å². The molecule has 160 valence electrons. The van der Waals surface area contributed by atoms with Crippen molar-refractivity contribution in [3.05, 3.63) is 66.5 Å². The first-order chi connectivity index (χ1) is 14.4. The predicted molar refractivity (Wildman–Crippen MR) is 131 cm³/mol. The number of anilines is 3. The van der Waals surface area contributed by atoms with Crippen LogP contribution in [0.3, 0.4) is 0 Å². The van der Waals surface area contributed by atoms with E-state index in [1.54, 1.807) is 0 Å². The van der Waals surface area contributed by atoms with Crippen molar-refractivity contribution < 1.29 is 0 Å². The van der Waals surface area contributed by atoms with Crippen molar-refractivity contribution in [1.82, 2.24) is 5.01 Å². The van der Waals surface area contributed by atoms with Crippen LogP contribution in [0.15, 0.2) is 66.0 Å². The minimum Gasteiger partial charge on any atom is -0.373 e. The van der Waals surface area contributed by atoms with Gasteiger partial charge in [0.2, 0.25) is 0 Å².